The van der Waals surface area contributed by atoms with Gasteiger partial charge in [0.2, 0.25) is 6.41 Å². The first-order chi connectivity index (χ1) is 10.3. The molecule has 1 aliphatic rings. The monoisotopic (exact) mass is 286 g/mol. The molecule has 0 N–H and O–H groups in total. The van der Waals surface area contributed by atoms with Crippen LogP contribution in [-0.2, 0) is 11.3 Å². The van der Waals surface area contributed by atoms with Crippen LogP contribution in [-0.4, -0.2) is 36.1 Å². The molecule has 3 rings (SSSR count). The molecule has 2 aromatic rings. The number of aromatic nitrogens is 1. The summed E-state index contributed by atoms with van der Waals surface area (Å²) in [6, 6.07) is 11.4. The molecule has 110 valence electrons. The van der Waals surface area contributed by atoms with Gasteiger partial charge in [-0.2, -0.15) is 0 Å². The van der Waals surface area contributed by atoms with Gasteiger partial charge < -0.3 is 18.9 Å². The highest BCUT2D eigenvalue weighted by Gasteiger charge is 2.26. The molecule has 0 fully saturated rings. The summed E-state index contributed by atoms with van der Waals surface area (Å²) in [5.74, 6) is 1.56. The third kappa shape index (κ3) is 2.72. The Kier molecular flexibility index (Phi) is 3.81. The maximum absolute atomic E-state index is 11.2. The van der Waals surface area contributed by atoms with E-state index in [-0.39, 0.29) is 6.04 Å². The molecule has 1 aliphatic heterocycles. The fourth-order valence-corrected chi connectivity index (χ4v) is 2.64. The second-order valence-electron chi connectivity index (χ2n) is 4.97. The lowest BCUT2D eigenvalue weighted by atomic mass is 10.1. The summed E-state index contributed by atoms with van der Waals surface area (Å²) >= 11 is 0. The summed E-state index contributed by atoms with van der Waals surface area (Å²) in [6.45, 7) is 1.98. The van der Waals surface area contributed by atoms with Crippen LogP contribution in [0.15, 0.2) is 42.6 Å². The maximum Gasteiger partial charge on any atom is 0.210 e. The van der Waals surface area contributed by atoms with E-state index in [1.165, 1.54) is 0 Å². The normalized spacial score (nSPS) is 17.2. The zero-order chi connectivity index (χ0) is 14.7. The predicted octanol–water partition coefficient (Wildman–Crippen LogP) is 2.09. The molecular weight excluding hydrogens is 268 g/mol. The van der Waals surface area contributed by atoms with Gasteiger partial charge in [-0.25, -0.2) is 0 Å². The number of hydrogen-bond donors (Lipinski definition) is 0. The number of fused-ring (bicyclic) bond motifs is 1. The van der Waals surface area contributed by atoms with Crippen LogP contribution in [0.1, 0.15) is 11.7 Å². The Morgan fingerprint density at radius 2 is 1.95 bits per heavy atom. The van der Waals surface area contributed by atoms with E-state index in [0.717, 1.165) is 30.1 Å². The molecule has 1 unspecified atom stereocenters. The SMILES string of the molecule is COc1ccc(OCC2c3cccn3CCN2C=O)cc1. The summed E-state index contributed by atoms with van der Waals surface area (Å²) < 4.78 is 13.1. The molecule has 1 aromatic carbocycles. The van der Waals surface area contributed by atoms with E-state index in [1.807, 2.05) is 42.6 Å². The fourth-order valence-electron chi connectivity index (χ4n) is 2.64. The van der Waals surface area contributed by atoms with Gasteiger partial charge in [-0.3, -0.25) is 4.79 Å². The minimum atomic E-state index is -0.0478. The molecule has 0 spiro atoms. The van der Waals surface area contributed by atoms with Gasteiger partial charge in [-0.15, -0.1) is 0 Å². The number of nitrogens with zero attached hydrogens (tertiary/aromatic N) is 2. The molecule has 0 aliphatic carbocycles. The van der Waals surface area contributed by atoms with Crippen molar-refractivity contribution in [2.75, 3.05) is 20.3 Å². The van der Waals surface area contributed by atoms with Crippen LogP contribution in [0, 0.1) is 0 Å². The molecule has 2 heterocycles. The van der Waals surface area contributed by atoms with Crippen molar-refractivity contribution in [3.05, 3.63) is 48.3 Å². The number of carbonyl (C=O) groups excluding carboxylic acids is 1. The summed E-state index contributed by atoms with van der Waals surface area (Å²) in [4.78, 5) is 13.0. The first-order valence-electron chi connectivity index (χ1n) is 6.95. The van der Waals surface area contributed by atoms with Crippen molar-refractivity contribution in [1.29, 1.82) is 0 Å². The molecule has 1 atom stereocenters. The van der Waals surface area contributed by atoms with Gasteiger partial charge in [0, 0.05) is 25.0 Å². The van der Waals surface area contributed by atoms with Crippen molar-refractivity contribution in [2.24, 2.45) is 0 Å². The number of amides is 1. The lowest BCUT2D eigenvalue weighted by Gasteiger charge is -2.34. The van der Waals surface area contributed by atoms with E-state index in [1.54, 1.807) is 12.0 Å². The van der Waals surface area contributed by atoms with E-state index in [2.05, 4.69) is 4.57 Å². The van der Waals surface area contributed by atoms with E-state index in [4.69, 9.17) is 9.47 Å². The Labute approximate surface area is 123 Å². The van der Waals surface area contributed by atoms with E-state index in [0.29, 0.717) is 13.2 Å². The van der Waals surface area contributed by atoms with Crippen LogP contribution in [0.2, 0.25) is 0 Å². The molecule has 5 nitrogen and oxygen atoms in total. The molecule has 0 radical (unpaired) electrons. The summed E-state index contributed by atoms with van der Waals surface area (Å²) in [7, 11) is 1.63. The number of rotatable bonds is 5. The highest BCUT2D eigenvalue weighted by atomic mass is 16.5. The number of benzene rings is 1. The second kappa shape index (κ2) is 5.91. The number of ether oxygens (including phenoxy) is 2. The maximum atomic E-state index is 11.2. The number of carbonyl (C=O) groups is 1. The topological polar surface area (TPSA) is 43.7 Å². The molecule has 5 heteroatoms. The smallest absolute Gasteiger partial charge is 0.210 e. The van der Waals surface area contributed by atoms with Crippen molar-refractivity contribution in [1.82, 2.24) is 9.47 Å². The zero-order valence-electron chi connectivity index (χ0n) is 11.9. The quantitative estimate of drug-likeness (QED) is 0.791. The van der Waals surface area contributed by atoms with Crippen LogP contribution in [0.3, 0.4) is 0 Å². The summed E-state index contributed by atoms with van der Waals surface area (Å²) in [5, 5.41) is 0. The fraction of sp³-hybridized carbons (Fsp3) is 0.312. The van der Waals surface area contributed by atoms with Gasteiger partial charge >= 0.3 is 0 Å². The van der Waals surface area contributed by atoms with Crippen LogP contribution in [0.5, 0.6) is 11.5 Å². The Balaban J connectivity index is 1.72. The minimum Gasteiger partial charge on any atom is -0.497 e. The standard InChI is InChI=1S/C16H18N2O3/c1-20-13-4-6-14(7-5-13)21-11-16-15-3-2-8-17(15)9-10-18(16)12-19/h2-8,12,16H,9-11H2,1H3. The lowest BCUT2D eigenvalue weighted by molar-refractivity contribution is -0.122. The third-order valence-electron chi connectivity index (χ3n) is 3.81. The number of hydrogen-bond acceptors (Lipinski definition) is 3. The average Bonchev–Trinajstić information content (AvgIpc) is 3.01. The highest BCUT2D eigenvalue weighted by Crippen LogP contribution is 2.26. The highest BCUT2D eigenvalue weighted by molar-refractivity contribution is 5.49. The Hall–Kier alpha value is -2.43. The van der Waals surface area contributed by atoms with E-state index >= 15 is 0 Å². The van der Waals surface area contributed by atoms with Gasteiger partial charge in [0.05, 0.1) is 7.11 Å². The predicted molar refractivity (Wildman–Crippen MR) is 78.4 cm³/mol. The molecule has 0 saturated carbocycles. The van der Waals surface area contributed by atoms with E-state index in [9.17, 15) is 4.79 Å². The minimum absolute atomic E-state index is 0.0478. The first kappa shape index (κ1) is 13.5. The van der Waals surface area contributed by atoms with Gasteiger partial charge in [0.1, 0.15) is 24.1 Å². The molecular formula is C16H18N2O3. The van der Waals surface area contributed by atoms with Crippen LogP contribution in [0.25, 0.3) is 0 Å². The molecule has 1 aromatic heterocycles. The molecule has 0 bridgehead atoms. The van der Waals surface area contributed by atoms with Crippen molar-refractivity contribution in [3.63, 3.8) is 0 Å². The Morgan fingerprint density at radius 1 is 1.19 bits per heavy atom. The lowest BCUT2D eigenvalue weighted by Crippen LogP contribution is -2.39. The van der Waals surface area contributed by atoms with Crippen molar-refractivity contribution >= 4 is 6.41 Å². The van der Waals surface area contributed by atoms with Gasteiger partial charge in [-0.05, 0) is 36.4 Å². The van der Waals surface area contributed by atoms with Crippen LogP contribution in [0.4, 0.5) is 0 Å². The Bertz CT molecular complexity index is 606. The second-order valence-corrected chi connectivity index (χ2v) is 4.97. The number of methoxy groups -OCH3 is 1. The largest absolute Gasteiger partial charge is 0.497 e. The zero-order valence-corrected chi connectivity index (χ0v) is 11.9. The van der Waals surface area contributed by atoms with Crippen molar-refractivity contribution in [2.45, 2.75) is 12.6 Å². The third-order valence-corrected chi connectivity index (χ3v) is 3.81. The van der Waals surface area contributed by atoms with Crippen LogP contribution < -0.4 is 9.47 Å². The molecule has 0 saturated heterocycles. The average molecular weight is 286 g/mol. The van der Waals surface area contributed by atoms with Crippen molar-refractivity contribution in [3.8, 4) is 11.5 Å². The summed E-state index contributed by atoms with van der Waals surface area (Å²) in [6.07, 6.45) is 2.94. The van der Waals surface area contributed by atoms with Gasteiger partial charge in [-0.1, -0.05) is 0 Å². The first-order valence-corrected chi connectivity index (χ1v) is 6.95. The van der Waals surface area contributed by atoms with E-state index < -0.39 is 0 Å². The molecule has 21 heavy (non-hydrogen) atoms. The molecule has 1 amide bonds. The summed E-state index contributed by atoms with van der Waals surface area (Å²) in [5.41, 5.74) is 1.11. The van der Waals surface area contributed by atoms with Gasteiger partial charge in [0.15, 0.2) is 0 Å². The Morgan fingerprint density at radius 3 is 2.67 bits per heavy atom. The van der Waals surface area contributed by atoms with Crippen LogP contribution >= 0.6 is 0 Å². The van der Waals surface area contributed by atoms with Gasteiger partial charge in [0.25, 0.3) is 0 Å². The van der Waals surface area contributed by atoms with Crippen molar-refractivity contribution < 1.29 is 14.3 Å².